The van der Waals surface area contributed by atoms with Gasteiger partial charge in [0.15, 0.2) is 0 Å². The number of thiol groups is 1. The lowest BCUT2D eigenvalue weighted by Gasteiger charge is -2.07. The van der Waals surface area contributed by atoms with Crippen molar-refractivity contribution in [2.45, 2.75) is 24.7 Å². The molecule has 1 atom stereocenters. The van der Waals surface area contributed by atoms with Crippen LogP contribution in [0.4, 0.5) is 5.69 Å². The molecule has 0 saturated carbocycles. The topological polar surface area (TPSA) is 49.8 Å². The molecule has 0 aromatic heterocycles. The molecule has 74 valence electrons. The molecule has 1 aromatic rings. The van der Waals surface area contributed by atoms with Crippen LogP contribution >= 0.6 is 12.6 Å². The largest absolute Gasteiger partial charge is 0.398 e. The summed E-state index contributed by atoms with van der Waals surface area (Å²) in [5, 5.41) is 8.82. The molecule has 1 rings (SSSR count). The highest BCUT2D eigenvalue weighted by atomic mass is 32.1. The van der Waals surface area contributed by atoms with Gasteiger partial charge in [0.1, 0.15) is 0 Å². The van der Waals surface area contributed by atoms with E-state index in [0.717, 1.165) is 23.3 Å². The number of hydrogen-bond donors (Lipinski definition) is 2. The first-order valence-electron chi connectivity index (χ1n) is 4.64. The molecule has 0 aliphatic carbocycles. The van der Waals surface area contributed by atoms with Gasteiger partial charge in [-0.25, -0.2) is 0 Å². The van der Waals surface area contributed by atoms with E-state index >= 15 is 0 Å². The molecule has 0 bridgehead atoms. The minimum absolute atomic E-state index is 0.0892. The fourth-order valence-electron chi connectivity index (χ4n) is 1.28. The van der Waals surface area contributed by atoms with Gasteiger partial charge in [0.05, 0.1) is 12.0 Å². The van der Waals surface area contributed by atoms with Crippen molar-refractivity contribution in [2.75, 3.05) is 5.73 Å². The molecule has 0 spiro atoms. The summed E-state index contributed by atoms with van der Waals surface area (Å²) in [5.74, 6) is 0.0892. The normalized spacial score (nSPS) is 12.1. The molecule has 1 unspecified atom stereocenters. The number of anilines is 1. The molecule has 14 heavy (non-hydrogen) atoms. The molecule has 0 amide bonds. The lowest BCUT2D eigenvalue weighted by atomic mass is 9.98. The van der Waals surface area contributed by atoms with Gasteiger partial charge in [0.2, 0.25) is 0 Å². The standard InChI is InChI=1S/C11H14N2S/c1-2-8(7-12)5-9-3-4-10(13)11(14)6-9/h3-4,6,8,14H,2,5,13H2,1H3. The van der Waals surface area contributed by atoms with E-state index in [1.807, 2.05) is 25.1 Å². The summed E-state index contributed by atoms with van der Waals surface area (Å²) in [6.07, 6.45) is 1.66. The Morgan fingerprint density at radius 1 is 1.57 bits per heavy atom. The van der Waals surface area contributed by atoms with Gasteiger partial charge < -0.3 is 5.73 Å². The van der Waals surface area contributed by atoms with Crippen LogP contribution in [0.1, 0.15) is 18.9 Å². The van der Waals surface area contributed by atoms with E-state index in [9.17, 15) is 0 Å². The quantitative estimate of drug-likeness (QED) is 0.590. The first-order valence-corrected chi connectivity index (χ1v) is 5.09. The first-order chi connectivity index (χ1) is 6.67. The Kier molecular flexibility index (Phi) is 3.84. The number of nitrogen functional groups attached to an aromatic ring is 1. The van der Waals surface area contributed by atoms with E-state index in [1.165, 1.54) is 0 Å². The Morgan fingerprint density at radius 2 is 2.29 bits per heavy atom. The highest BCUT2D eigenvalue weighted by Gasteiger charge is 2.06. The third-order valence-electron chi connectivity index (χ3n) is 2.25. The molecule has 2 nitrogen and oxygen atoms in total. The van der Waals surface area contributed by atoms with Crippen molar-refractivity contribution >= 4 is 18.3 Å². The fourth-order valence-corrected chi connectivity index (χ4v) is 1.52. The van der Waals surface area contributed by atoms with Gasteiger partial charge in [-0.05, 0) is 30.5 Å². The van der Waals surface area contributed by atoms with Crippen molar-refractivity contribution in [2.24, 2.45) is 5.92 Å². The van der Waals surface area contributed by atoms with Crippen LogP contribution in [0.2, 0.25) is 0 Å². The Balaban J connectivity index is 2.78. The highest BCUT2D eigenvalue weighted by molar-refractivity contribution is 7.80. The SMILES string of the molecule is CCC(C#N)Cc1ccc(N)c(S)c1. The summed E-state index contributed by atoms with van der Waals surface area (Å²) in [5.41, 5.74) is 7.45. The molecule has 0 radical (unpaired) electrons. The number of nitriles is 1. The van der Waals surface area contributed by atoms with E-state index in [4.69, 9.17) is 11.0 Å². The molecule has 0 aliphatic heterocycles. The minimum Gasteiger partial charge on any atom is -0.398 e. The van der Waals surface area contributed by atoms with Crippen LogP contribution < -0.4 is 5.73 Å². The Labute approximate surface area is 90.1 Å². The number of nitrogens with zero attached hydrogens (tertiary/aromatic N) is 1. The second kappa shape index (κ2) is 4.92. The summed E-state index contributed by atoms with van der Waals surface area (Å²) < 4.78 is 0. The maximum absolute atomic E-state index is 8.82. The number of nitrogens with two attached hydrogens (primary N) is 1. The van der Waals surface area contributed by atoms with Crippen molar-refractivity contribution in [1.29, 1.82) is 5.26 Å². The van der Waals surface area contributed by atoms with Crippen molar-refractivity contribution in [3.8, 4) is 6.07 Å². The van der Waals surface area contributed by atoms with E-state index in [1.54, 1.807) is 0 Å². The van der Waals surface area contributed by atoms with Gasteiger partial charge in [-0.1, -0.05) is 13.0 Å². The summed E-state index contributed by atoms with van der Waals surface area (Å²) in [6, 6.07) is 8.00. The smallest absolute Gasteiger partial charge is 0.0659 e. The van der Waals surface area contributed by atoms with Crippen LogP contribution in [0.15, 0.2) is 23.1 Å². The third-order valence-corrected chi connectivity index (χ3v) is 2.64. The van der Waals surface area contributed by atoms with Crippen LogP contribution in [0.3, 0.4) is 0 Å². The zero-order chi connectivity index (χ0) is 10.6. The number of rotatable bonds is 3. The van der Waals surface area contributed by atoms with Crippen molar-refractivity contribution in [3.63, 3.8) is 0 Å². The minimum atomic E-state index is 0.0892. The second-order valence-corrected chi connectivity index (χ2v) is 3.81. The Bertz CT molecular complexity index is 355. The summed E-state index contributed by atoms with van der Waals surface area (Å²) >= 11 is 4.24. The predicted molar refractivity (Wildman–Crippen MR) is 61.2 cm³/mol. The zero-order valence-corrected chi connectivity index (χ0v) is 9.09. The Hall–Kier alpha value is -1.14. The number of benzene rings is 1. The van der Waals surface area contributed by atoms with Crippen LogP contribution in [0.25, 0.3) is 0 Å². The van der Waals surface area contributed by atoms with Crippen LogP contribution in [-0.2, 0) is 6.42 Å². The van der Waals surface area contributed by atoms with Crippen LogP contribution in [-0.4, -0.2) is 0 Å². The number of hydrogen-bond acceptors (Lipinski definition) is 3. The van der Waals surface area contributed by atoms with Crippen LogP contribution in [0.5, 0.6) is 0 Å². The van der Waals surface area contributed by atoms with Crippen molar-refractivity contribution < 1.29 is 0 Å². The molecule has 0 fully saturated rings. The van der Waals surface area contributed by atoms with Gasteiger partial charge in [-0.3, -0.25) is 0 Å². The highest BCUT2D eigenvalue weighted by Crippen LogP contribution is 2.20. The average molecular weight is 206 g/mol. The predicted octanol–water partition coefficient (Wildman–Crippen LogP) is 2.65. The third kappa shape index (κ3) is 2.68. The Morgan fingerprint density at radius 3 is 2.79 bits per heavy atom. The molecule has 0 aliphatic rings. The molecular formula is C11H14N2S. The molecular weight excluding hydrogens is 192 g/mol. The van der Waals surface area contributed by atoms with Gasteiger partial charge >= 0.3 is 0 Å². The molecule has 0 saturated heterocycles. The van der Waals surface area contributed by atoms with Gasteiger partial charge in [0, 0.05) is 10.6 Å². The van der Waals surface area contributed by atoms with Gasteiger partial charge in [-0.15, -0.1) is 12.6 Å². The zero-order valence-electron chi connectivity index (χ0n) is 8.20. The maximum atomic E-state index is 8.82. The van der Waals surface area contributed by atoms with E-state index in [-0.39, 0.29) is 5.92 Å². The van der Waals surface area contributed by atoms with Gasteiger partial charge in [0.25, 0.3) is 0 Å². The van der Waals surface area contributed by atoms with E-state index in [2.05, 4.69) is 18.7 Å². The molecule has 1 aromatic carbocycles. The van der Waals surface area contributed by atoms with Crippen LogP contribution in [0, 0.1) is 17.2 Å². The van der Waals surface area contributed by atoms with E-state index < -0.39 is 0 Å². The van der Waals surface area contributed by atoms with Crippen molar-refractivity contribution in [3.05, 3.63) is 23.8 Å². The van der Waals surface area contributed by atoms with Gasteiger partial charge in [-0.2, -0.15) is 5.26 Å². The van der Waals surface area contributed by atoms with E-state index in [0.29, 0.717) is 5.69 Å². The summed E-state index contributed by atoms with van der Waals surface area (Å²) in [4.78, 5) is 0.787. The molecule has 3 heteroatoms. The lowest BCUT2D eigenvalue weighted by molar-refractivity contribution is 0.637. The monoisotopic (exact) mass is 206 g/mol. The fraction of sp³-hybridized carbons (Fsp3) is 0.364. The second-order valence-electron chi connectivity index (χ2n) is 3.33. The average Bonchev–Trinajstić information content (AvgIpc) is 2.19. The maximum Gasteiger partial charge on any atom is 0.0659 e. The summed E-state index contributed by atoms with van der Waals surface area (Å²) in [6.45, 7) is 2.02. The molecule has 2 N–H and O–H groups in total. The van der Waals surface area contributed by atoms with Crippen molar-refractivity contribution in [1.82, 2.24) is 0 Å². The summed E-state index contributed by atoms with van der Waals surface area (Å²) in [7, 11) is 0. The first kappa shape index (κ1) is 10.9. The molecule has 0 heterocycles. The lowest BCUT2D eigenvalue weighted by Crippen LogP contribution is -2.00.